The van der Waals surface area contributed by atoms with Gasteiger partial charge in [-0.1, -0.05) is 0 Å². The fraction of sp³-hybridized carbons (Fsp3) is 0.0625. The molecule has 3 heteroatoms. The van der Waals surface area contributed by atoms with Crippen LogP contribution in [0.3, 0.4) is 0 Å². The van der Waals surface area contributed by atoms with E-state index >= 15 is 0 Å². The van der Waals surface area contributed by atoms with Gasteiger partial charge in [0.1, 0.15) is 0 Å². The predicted molar refractivity (Wildman–Crippen MR) is 78.4 cm³/mol. The van der Waals surface area contributed by atoms with E-state index in [0.717, 1.165) is 0 Å². The molecule has 2 aromatic carbocycles. The van der Waals surface area contributed by atoms with Crippen LogP contribution in [0.5, 0.6) is 0 Å². The van der Waals surface area contributed by atoms with Crippen LogP contribution in [0, 0.1) is 10.7 Å². The molecule has 1 N–H and O–H groups in total. The van der Waals surface area contributed by atoms with E-state index in [-0.39, 0.29) is 20.9 Å². The van der Waals surface area contributed by atoms with Crippen molar-refractivity contribution in [1.82, 2.24) is 5.32 Å². The summed E-state index contributed by atoms with van der Waals surface area (Å²) in [4.78, 5) is 14.8. The molecule has 0 saturated carbocycles. The molecule has 0 saturated heterocycles. The molecule has 2 nitrogen and oxygen atoms in total. The van der Waals surface area contributed by atoms with Gasteiger partial charge in [0.05, 0.1) is 0 Å². The molecule has 94 valence electrons. The van der Waals surface area contributed by atoms with Crippen molar-refractivity contribution >= 4 is 25.3 Å². The average molecular weight is 314 g/mol. The Morgan fingerprint density at radius 2 is 1.63 bits per heavy atom. The molecule has 0 radical (unpaired) electrons. The van der Waals surface area contributed by atoms with Gasteiger partial charge in [0, 0.05) is 0 Å². The first-order valence-corrected chi connectivity index (χ1v) is 7.60. The second-order valence-electron chi connectivity index (χ2n) is 3.74. The Kier molecular flexibility index (Phi) is 5.25. The van der Waals surface area contributed by atoms with Crippen LogP contribution in [0.4, 0.5) is 0 Å². The van der Waals surface area contributed by atoms with Crippen LogP contribution in [0.1, 0.15) is 10.4 Å². The Morgan fingerprint density at radius 3 is 2.32 bits per heavy atom. The second kappa shape index (κ2) is 7.43. The molecule has 0 heterocycles. The molecule has 2 aromatic rings. The molecule has 0 aliphatic rings. The Bertz CT molecular complexity index is 584. The number of benzene rings is 2. The van der Waals surface area contributed by atoms with Gasteiger partial charge in [0.15, 0.2) is 0 Å². The van der Waals surface area contributed by atoms with Gasteiger partial charge in [-0.05, 0) is 0 Å². The number of carbonyl (C=O) groups excluding carboxylic acids is 1. The molecular formula is C16H13NOSe. The van der Waals surface area contributed by atoms with E-state index in [1.807, 2.05) is 36.4 Å². The number of amides is 1. The molecule has 19 heavy (non-hydrogen) atoms. The van der Waals surface area contributed by atoms with Crippen molar-refractivity contribution < 1.29 is 4.79 Å². The molecule has 1 amide bonds. The Labute approximate surface area is 119 Å². The first kappa shape index (κ1) is 13.4. The van der Waals surface area contributed by atoms with Gasteiger partial charge in [-0.15, -0.1) is 0 Å². The summed E-state index contributed by atoms with van der Waals surface area (Å²) >= 11 is 0.152. The van der Waals surface area contributed by atoms with Crippen LogP contribution in [0.2, 0.25) is 0 Å². The van der Waals surface area contributed by atoms with Crippen molar-refractivity contribution in [3.8, 4) is 10.7 Å². The van der Waals surface area contributed by atoms with Crippen molar-refractivity contribution in [1.29, 1.82) is 0 Å². The summed E-state index contributed by atoms with van der Waals surface area (Å²) in [6.07, 6.45) is 0. The third-order valence-electron chi connectivity index (χ3n) is 2.36. The Hall–Kier alpha value is -2.01. The fourth-order valence-corrected chi connectivity index (χ4v) is 2.60. The molecule has 0 aliphatic heterocycles. The maximum atomic E-state index is 11.7. The van der Waals surface area contributed by atoms with Crippen LogP contribution in [-0.2, 0) is 0 Å². The number of carbonyl (C=O) groups is 1. The van der Waals surface area contributed by atoms with Crippen LogP contribution in [-0.4, -0.2) is 27.4 Å². The van der Waals surface area contributed by atoms with E-state index in [4.69, 9.17) is 0 Å². The number of nitrogens with one attached hydrogen (secondary N) is 1. The summed E-state index contributed by atoms with van der Waals surface area (Å²) in [6, 6.07) is 19.3. The normalized spacial score (nSPS) is 9.26. The van der Waals surface area contributed by atoms with E-state index < -0.39 is 0 Å². The molecule has 0 aromatic heterocycles. The summed E-state index contributed by atoms with van der Waals surface area (Å²) in [5, 5.41) is 2.78. The van der Waals surface area contributed by atoms with Crippen LogP contribution in [0.15, 0.2) is 60.7 Å². The zero-order valence-corrected chi connectivity index (χ0v) is 12.0. The summed E-state index contributed by atoms with van der Waals surface area (Å²) in [7, 11) is 0. The van der Waals surface area contributed by atoms with Gasteiger partial charge >= 0.3 is 119 Å². The number of hydrogen-bond donors (Lipinski definition) is 1. The standard InChI is InChI=1S/C16H13NOSe/c18-16(14-8-3-1-4-9-14)17-12-7-13-19-15-10-5-2-6-11-15/h1-6,8-11H,12H2,(H,17,18). The van der Waals surface area contributed by atoms with Crippen LogP contribution < -0.4 is 9.78 Å². The van der Waals surface area contributed by atoms with E-state index in [2.05, 4.69) is 28.2 Å². The zero-order chi connectivity index (χ0) is 13.3. The topological polar surface area (TPSA) is 29.1 Å². The first-order valence-electron chi connectivity index (χ1n) is 5.89. The molecule has 0 fully saturated rings. The van der Waals surface area contributed by atoms with Crippen molar-refractivity contribution in [3.63, 3.8) is 0 Å². The summed E-state index contributed by atoms with van der Waals surface area (Å²) in [5.74, 6) is 2.90. The zero-order valence-electron chi connectivity index (χ0n) is 10.3. The van der Waals surface area contributed by atoms with Gasteiger partial charge in [-0.25, -0.2) is 0 Å². The Morgan fingerprint density at radius 1 is 1.00 bits per heavy atom. The van der Waals surface area contributed by atoms with Gasteiger partial charge in [0.25, 0.3) is 0 Å². The second-order valence-corrected chi connectivity index (χ2v) is 5.59. The third kappa shape index (κ3) is 4.63. The van der Waals surface area contributed by atoms with E-state index in [0.29, 0.717) is 12.1 Å². The van der Waals surface area contributed by atoms with E-state index in [1.165, 1.54) is 4.46 Å². The van der Waals surface area contributed by atoms with E-state index in [1.54, 1.807) is 12.1 Å². The Balaban J connectivity index is 1.77. The molecule has 0 unspecified atom stereocenters. The van der Waals surface area contributed by atoms with Gasteiger partial charge in [0.2, 0.25) is 0 Å². The third-order valence-corrected chi connectivity index (χ3v) is 3.94. The average Bonchev–Trinajstić information content (AvgIpc) is 2.49. The van der Waals surface area contributed by atoms with Crippen molar-refractivity contribution in [3.05, 3.63) is 66.2 Å². The quantitative estimate of drug-likeness (QED) is 0.673. The van der Waals surface area contributed by atoms with Crippen molar-refractivity contribution in [2.45, 2.75) is 0 Å². The fourth-order valence-electron chi connectivity index (χ4n) is 1.44. The molecule has 0 bridgehead atoms. The van der Waals surface area contributed by atoms with Crippen molar-refractivity contribution in [2.75, 3.05) is 6.54 Å². The minimum atomic E-state index is -0.0814. The molecule has 0 spiro atoms. The van der Waals surface area contributed by atoms with Gasteiger partial charge in [-0.2, -0.15) is 0 Å². The monoisotopic (exact) mass is 315 g/mol. The van der Waals surface area contributed by atoms with Gasteiger partial charge in [-0.3, -0.25) is 0 Å². The number of hydrogen-bond acceptors (Lipinski definition) is 1. The van der Waals surface area contributed by atoms with Crippen molar-refractivity contribution in [2.24, 2.45) is 0 Å². The maximum absolute atomic E-state index is 11.7. The molecule has 0 atom stereocenters. The summed E-state index contributed by atoms with van der Waals surface area (Å²) in [5.41, 5.74) is 0.665. The summed E-state index contributed by atoms with van der Waals surface area (Å²) < 4.78 is 1.25. The molecule has 2 rings (SSSR count). The van der Waals surface area contributed by atoms with Crippen LogP contribution >= 0.6 is 0 Å². The van der Waals surface area contributed by atoms with Gasteiger partial charge < -0.3 is 0 Å². The summed E-state index contributed by atoms with van der Waals surface area (Å²) in [6.45, 7) is 0.391. The number of rotatable bonds is 3. The van der Waals surface area contributed by atoms with E-state index in [9.17, 15) is 4.79 Å². The minimum absolute atomic E-state index is 0.0814. The first-order chi connectivity index (χ1) is 9.36. The predicted octanol–water partition coefficient (Wildman–Crippen LogP) is 1.41. The SMILES string of the molecule is O=C(NCC#C[Se]c1ccccc1)c1ccccc1. The van der Waals surface area contributed by atoms with Crippen LogP contribution in [0.25, 0.3) is 0 Å². The molecule has 0 aliphatic carbocycles. The molecular weight excluding hydrogens is 301 g/mol.